The summed E-state index contributed by atoms with van der Waals surface area (Å²) in [6.07, 6.45) is 0.755. The monoisotopic (exact) mass is 170 g/mol. The van der Waals surface area contributed by atoms with E-state index in [0.717, 1.165) is 6.61 Å². The molecule has 1 fully saturated rings. The van der Waals surface area contributed by atoms with E-state index in [-0.39, 0.29) is 12.1 Å². The Morgan fingerprint density at radius 1 is 1.75 bits per heavy atom. The molecule has 2 unspecified atom stereocenters. The number of hydrogen-bond donors (Lipinski definition) is 0. The Balaban J connectivity index is 2.31. The van der Waals surface area contributed by atoms with E-state index in [0.29, 0.717) is 17.9 Å². The van der Waals surface area contributed by atoms with Crippen LogP contribution in [0.25, 0.3) is 0 Å². The fourth-order valence-electron chi connectivity index (χ4n) is 1.16. The third kappa shape index (κ3) is 1.85. The molecule has 0 aromatic rings. The molecule has 1 aliphatic rings. The molecule has 1 rings (SSSR count). The van der Waals surface area contributed by atoms with Crippen LogP contribution in [-0.4, -0.2) is 25.8 Å². The molecule has 0 aromatic carbocycles. The molecule has 0 aliphatic carbocycles. The Labute approximate surface area is 72.4 Å². The lowest BCUT2D eigenvalue weighted by Crippen LogP contribution is -2.38. The molecule has 0 N–H and O–H groups in total. The predicted molar refractivity (Wildman–Crippen MR) is 44.7 cm³/mol. The van der Waals surface area contributed by atoms with E-state index in [1.54, 1.807) is 0 Å². The van der Waals surface area contributed by atoms with Crippen LogP contribution in [0, 0.1) is 5.92 Å². The smallest absolute Gasteiger partial charge is 0.333 e. The molecule has 0 bridgehead atoms. The summed E-state index contributed by atoms with van der Waals surface area (Å²) in [5.74, 6) is 0.198. The minimum atomic E-state index is -0.335. The highest BCUT2D eigenvalue weighted by molar-refractivity contribution is 5.87. The predicted octanol–water partition coefficient (Wildman–Crippen LogP) is 1.14. The van der Waals surface area contributed by atoms with Crippen LogP contribution in [0.2, 0.25) is 0 Å². The average Bonchev–Trinajstić information content (AvgIpc) is 2.09. The van der Waals surface area contributed by atoms with E-state index in [1.807, 2.05) is 0 Å². The first kappa shape index (κ1) is 9.26. The van der Waals surface area contributed by atoms with E-state index in [9.17, 15) is 4.79 Å². The van der Waals surface area contributed by atoms with Crippen molar-refractivity contribution < 1.29 is 14.3 Å². The summed E-state index contributed by atoms with van der Waals surface area (Å²) in [5, 5.41) is 0. The molecule has 1 aliphatic heterocycles. The van der Waals surface area contributed by atoms with Crippen LogP contribution in [-0.2, 0) is 14.3 Å². The first-order valence-electron chi connectivity index (χ1n) is 4.03. The second-order valence-electron chi connectivity index (χ2n) is 3.15. The van der Waals surface area contributed by atoms with E-state index < -0.39 is 0 Å². The van der Waals surface area contributed by atoms with Gasteiger partial charge in [-0.1, -0.05) is 13.5 Å². The van der Waals surface area contributed by atoms with Crippen molar-refractivity contribution in [3.8, 4) is 0 Å². The Kier molecular flexibility index (Phi) is 2.87. The molecule has 1 heterocycles. The van der Waals surface area contributed by atoms with Crippen molar-refractivity contribution in [3.05, 3.63) is 12.2 Å². The molecular weight excluding hydrogens is 156 g/mol. The molecule has 1 saturated heterocycles. The SMILES string of the molecule is C=C(CC1OCC1C)C(=O)OC. The Morgan fingerprint density at radius 3 is 2.75 bits per heavy atom. The van der Waals surface area contributed by atoms with Crippen molar-refractivity contribution in [3.63, 3.8) is 0 Å². The maximum absolute atomic E-state index is 10.9. The van der Waals surface area contributed by atoms with Gasteiger partial charge in [-0.2, -0.15) is 0 Å². The van der Waals surface area contributed by atoms with Gasteiger partial charge in [-0.15, -0.1) is 0 Å². The molecular formula is C9H14O3. The van der Waals surface area contributed by atoms with Gasteiger partial charge in [0.15, 0.2) is 0 Å². The van der Waals surface area contributed by atoms with Crippen molar-refractivity contribution >= 4 is 5.97 Å². The molecule has 68 valence electrons. The topological polar surface area (TPSA) is 35.5 Å². The lowest BCUT2D eigenvalue weighted by atomic mass is 9.94. The zero-order valence-corrected chi connectivity index (χ0v) is 7.50. The van der Waals surface area contributed by atoms with Crippen LogP contribution in [0.3, 0.4) is 0 Å². The molecule has 3 heteroatoms. The van der Waals surface area contributed by atoms with Crippen LogP contribution in [0.4, 0.5) is 0 Å². The number of methoxy groups -OCH3 is 1. The number of carbonyl (C=O) groups excluding carboxylic acids is 1. The van der Waals surface area contributed by atoms with Gasteiger partial charge in [-0.3, -0.25) is 0 Å². The molecule has 0 radical (unpaired) electrons. The highest BCUT2D eigenvalue weighted by Gasteiger charge is 2.29. The Morgan fingerprint density at radius 2 is 2.42 bits per heavy atom. The van der Waals surface area contributed by atoms with Crippen molar-refractivity contribution in [2.75, 3.05) is 13.7 Å². The van der Waals surface area contributed by atoms with Crippen molar-refractivity contribution in [2.24, 2.45) is 5.92 Å². The van der Waals surface area contributed by atoms with Crippen LogP contribution >= 0.6 is 0 Å². The highest BCUT2D eigenvalue weighted by atomic mass is 16.5. The van der Waals surface area contributed by atoms with Gasteiger partial charge < -0.3 is 9.47 Å². The van der Waals surface area contributed by atoms with Gasteiger partial charge in [0.25, 0.3) is 0 Å². The lowest BCUT2D eigenvalue weighted by molar-refractivity contribution is -0.138. The quantitative estimate of drug-likeness (QED) is 0.470. The van der Waals surface area contributed by atoms with E-state index in [4.69, 9.17) is 4.74 Å². The fourth-order valence-corrected chi connectivity index (χ4v) is 1.16. The van der Waals surface area contributed by atoms with Gasteiger partial charge in [0.2, 0.25) is 0 Å². The van der Waals surface area contributed by atoms with Gasteiger partial charge in [-0.05, 0) is 0 Å². The third-order valence-corrected chi connectivity index (χ3v) is 2.13. The van der Waals surface area contributed by atoms with Crippen LogP contribution in [0.15, 0.2) is 12.2 Å². The number of rotatable bonds is 3. The summed E-state index contributed by atoms with van der Waals surface area (Å²) >= 11 is 0. The van der Waals surface area contributed by atoms with Crippen LogP contribution < -0.4 is 0 Å². The second-order valence-corrected chi connectivity index (χ2v) is 3.15. The number of ether oxygens (including phenoxy) is 2. The molecule has 2 atom stereocenters. The summed E-state index contributed by atoms with van der Waals surface area (Å²) in [4.78, 5) is 10.9. The first-order valence-corrected chi connectivity index (χ1v) is 4.03. The minimum absolute atomic E-state index is 0.164. The zero-order chi connectivity index (χ0) is 9.14. The van der Waals surface area contributed by atoms with E-state index in [2.05, 4.69) is 18.2 Å². The van der Waals surface area contributed by atoms with Crippen LogP contribution in [0.1, 0.15) is 13.3 Å². The first-order chi connectivity index (χ1) is 5.65. The van der Waals surface area contributed by atoms with Gasteiger partial charge in [0.1, 0.15) is 0 Å². The molecule has 0 aromatic heterocycles. The molecule has 12 heavy (non-hydrogen) atoms. The lowest BCUT2D eigenvalue weighted by Gasteiger charge is -2.34. The number of hydrogen-bond acceptors (Lipinski definition) is 3. The number of carbonyl (C=O) groups is 1. The maximum atomic E-state index is 10.9. The van der Waals surface area contributed by atoms with Gasteiger partial charge in [-0.25, -0.2) is 4.79 Å². The van der Waals surface area contributed by atoms with E-state index in [1.165, 1.54) is 7.11 Å². The molecule has 0 spiro atoms. The summed E-state index contributed by atoms with van der Waals surface area (Å²) in [7, 11) is 1.36. The maximum Gasteiger partial charge on any atom is 0.333 e. The summed E-state index contributed by atoms with van der Waals surface area (Å²) in [5.41, 5.74) is 0.494. The minimum Gasteiger partial charge on any atom is -0.466 e. The summed E-state index contributed by atoms with van der Waals surface area (Å²) in [6, 6.07) is 0. The molecule has 0 saturated carbocycles. The largest absolute Gasteiger partial charge is 0.466 e. The summed E-state index contributed by atoms with van der Waals surface area (Å²) < 4.78 is 9.76. The van der Waals surface area contributed by atoms with Crippen molar-refractivity contribution in [2.45, 2.75) is 19.4 Å². The van der Waals surface area contributed by atoms with E-state index >= 15 is 0 Å². The van der Waals surface area contributed by atoms with Gasteiger partial charge in [0.05, 0.1) is 19.8 Å². The Bertz CT molecular complexity index is 198. The average molecular weight is 170 g/mol. The third-order valence-electron chi connectivity index (χ3n) is 2.13. The van der Waals surface area contributed by atoms with Crippen LogP contribution in [0.5, 0.6) is 0 Å². The van der Waals surface area contributed by atoms with Gasteiger partial charge in [0, 0.05) is 17.9 Å². The fraction of sp³-hybridized carbons (Fsp3) is 0.667. The highest BCUT2D eigenvalue weighted by Crippen LogP contribution is 2.25. The van der Waals surface area contributed by atoms with Crippen molar-refractivity contribution in [1.29, 1.82) is 0 Å². The normalized spacial score (nSPS) is 27.5. The van der Waals surface area contributed by atoms with Gasteiger partial charge >= 0.3 is 5.97 Å². The number of esters is 1. The van der Waals surface area contributed by atoms with Crippen molar-refractivity contribution in [1.82, 2.24) is 0 Å². The standard InChI is InChI=1S/C9H14O3/c1-6(9(10)11-3)4-8-7(2)5-12-8/h7-8H,1,4-5H2,2-3H3. The molecule has 3 nitrogen and oxygen atoms in total. The Hall–Kier alpha value is -0.830. The molecule has 0 amide bonds. The summed E-state index contributed by atoms with van der Waals surface area (Å²) in [6.45, 7) is 6.51. The zero-order valence-electron chi connectivity index (χ0n) is 7.50. The second kappa shape index (κ2) is 3.72.